The number of amides is 2. The summed E-state index contributed by atoms with van der Waals surface area (Å²) in [5, 5.41) is 7.06. The van der Waals surface area contributed by atoms with Crippen LogP contribution in [0.5, 0.6) is 0 Å². The molecule has 0 unspecified atom stereocenters. The molecule has 3 aromatic rings. The first-order chi connectivity index (χ1) is 13.5. The Morgan fingerprint density at radius 1 is 1.11 bits per heavy atom. The third-order valence-electron chi connectivity index (χ3n) is 4.34. The fourth-order valence-electron chi connectivity index (χ4n) is 2.90. The molecule has 2 amide bonds. The van der Waals surface area contributed by atoms with E-state index in [0.717, 1.165) is 16.5 Å². The Balaban J connectivity index is 1.91. The summed E-state index contributed by atoms with van der Waals surface area (Å²) in [4.78, 5) is 28.5. The summed E-state index contributed by atoms with van der Waals surface area (Å²) in [7, 11) is 1.62. The maximum atomic E-state index is 12.7. The molecule has 0 fully saturated rings. The van der Waals surface area contributed by atoms with Crippen LogP contribution in [0.4, 0.5) is 5.69 Å². The maximum Gasteiger partial charge on any atom is 0.269 e. The number of ether oxygens (including phenoxy) is 1. The topological polar surface area (TPSA) is 83.2 Å². The molecule has 0 atom stereocenters. The molecule has 3 rings (SSSR count). The Hall–Kier alpha value is -2.83. The Morgan fingerprint density at radius 2 is 1.86 bits per heavy atom. The fourth-order valence-corrected chi connectivity index (χ4v) is 3.03. The lowest BCUT2D eigenvalue weighted by molar-refractivity contribution is 0.0945. The number of fused-ring (bicyclic) bond motifs is 1. The Morgan fingerprint density at radius 3 is 2.57 bits per heavy atom. The van der Waals surface area contributed by atoms with Gasteiger partial charge in [-0.05, 0) is 49.7 Å². The highest BCUT2D eigenvalue weighted by Gasteiger charge is 2.20. The summed E-state index contributed by atoms with van der Waals surface area (Å²) in [6.45, 7) is 3.00. The second-order valence-corrected chi connectivity index (χ2v) is 6.92. The zero-order chi connectivity index (χ0) is 20.1. The van der Waals surface area contributed by atoms with E-state index in [1.807, 2.05) is 25.1 Å². The largest absolute Gasteiger partial charge is 0.385 e. The molecule has 1 aromatic heterocycles. The third kappa shape index (κ3) is 4.52. The van der Waals surface area contributed by atoms with Crippen molar-refractivity contribution >= 4 is 40.0 Å². The van der Waals surface area contributed by atoms with Gasteiger partial charge in [-0.2, -0.15) is 0 Å². The van der Waals surface area contributed by atoms with Crippen molar-refractivity contribution in [3.8, 4) is 0 Å². The number of hydrogen-bond donors (Lipinski definition) is 3. The SMILES string of the molecule is COCCCNC(=O)c1[nH]c2ccc(C)cc2c1NC(=O)c1ccc(Cl)cc1. The summed E-state index contributed by atoms with van der Waals surface area (Å²) < 4.78 is 5.00. The number of hydrogen-bond acceptors (Lipinski definition) is 3. The number of rotatable bonds is 7. The highest BCUT2D eigenvalue weighted by atomic mass is 35.5. The Kier molecular flexibility index (Phi) is 6.34. The van der Waals surface area contributed by atoms with E-state index < -0.39 is 0 Å². The van der Waals surface area contributed by atoms with Crippen LogP contribution in [0.1, 0.15) is 32.8 Å². The Bertz CT molecular complexity index is 996. The van der Waals surface area contributed by atoms with Crippen molar-refractivity contribution in [2.75, 3.05) is 25.6 Å². The first-order valence-electron chi connectivity index (χ1n) is 8.96. The molecule has 146 valence electrons. The number of benzene rings is 2. The summed E-state index contributed by atoms with van der Waals surface area (Å²) in [6.07, 6.45) is 0.702. The fraction of sp³-hybridized carbons (Fsp3) is 0.238. The van der Waals surface area contributed by atoms with Crippen LogP contribution in [0.15, 0.2) is 42.5 Å². The van der Waals surface area contributed by atoms with Gasteiger partial charge in [0, 0.05) is 41.8 Å². The molecule has 28 heavy (non-hydrogen) atoms. The van der Waals surface area contributed by atoms with E-state index in [2.05, 4.69) is 15.6 Å². The highest BCUT2D eigenvalue weighted by molar-refractivity contribution is 6.30. The lowest BCUT2D eigenvalue weighted by Gasteiger charge is -2.09. The highest BCUT2D eigenvalue weighted by Crippen LogP contribution is 2.29. The molecule has 7 heteroatoms. The minimum Gasteiger partial charge on any atom is -0.385 e. The predicted octanol–water partition coefficient (Wildman–Crippen LogP) is 4.15. The van der Waals surface area contributed by atoms with E-state index in [-0.39, 0.29) is 11.8 Å². The van der Waals surface area contributed by atoms with E-state index in [4.69, 9.17) is 16.3 Å². The first-order valence-corrected chi connectivity index (χ1v) is 9.34. The van der Waals surface area contributed by atoms with Gasteiger partial charge in [0.05, 0.1) is 5.69 Å². The molecule has 0 aliphatic heterocycles. The number of nitrogens with one attached hydrogen (secondary N) is 3. The van der Waals surface area contributed by atoms with Crippen LogP contribution in [0.3, 0.4) is 0 Å². The van der Waals surface area contributed by atoms with Crippen LogP contribution in [0.25, 0.3) is 10.9 Å². The number of H-pyrrole nitrogens is 1. The molecule has 1 heterocycles. The van der Waals surface area contributed by atoms with Gasteiger partial charge in [-0.3, -0.25) is 9.59 Å². The normalized spacial score (nSPS) is 10.8. The van der Waals surface area contributed by atoms with Gasteiger partial charge in [-0.15, -0.1) is 0 Å². The predicted molar refractivity (Wildman–Crippen MR) is 111 cm³/mol. The van der Waals surface area contributed by atoms with Crippen molar-refractivity contribution in [1.82, 2.24) is 10.3 Å². The zero-order valence-electron chi connectivity index (χ0n) is 15.8. The number of anilines is 1. The summed E-state index contributed by atoms with van der Waals surface area (Å²) in [6, 6.07) is 12.4. The number of aryl methyl sites for hydroxylation is 1. The molecule has 0 saturated carbocycles. The maximum absolute atomic E-state index is 12.7. The van der Waals surface area contributed by atoms with Gasteiger partial charge < -0.3 is 20.4 Å². The van der Waals surface area contributed by atoms with Gasteiger partial charge in [-0.25, -0.2) is 0 Å². The van der Waals surface area contributed by atoms with Gasteiger partial charge >= 0.3 is 0 Å². The van der Waals surface area contributed by atoms with Crippen molar-refractivity contribution in [1.29, 1.82) is 0 Å². The quantitative estimate of drug-likeness (QED) is 0.522. The lowest BCUT2D eigenvalue weighted by Crippen LogP contribution is -2.27. The number of halogens is 1. The standard InChI is InChI=1S/C21H22ClN3O3/c1-13-4-9-17-16(12-13)18(19(24-17)21(27)23-10-3-11-28-2)25-20(26)14-5-7-15(22)8-6-14/h4-9,12,24H,3,10-11H2,1-2H3,(H,23,27)(H,25,26). The summed E-state index contributed by atoms with van der Waals surface area (Å²) in [5.74, 6) is -0.594. The summed E-state index contributed by atoms with van der Waals surface area (Å²) >= 11 is 5.89. The smallest absolute Gasteiger partial charge is 0.269 e. The van der Waals surface area contributed by atoms with Gasteiger partial charge in [-0.1, -0.05) is 23.2 Å². The van der Waals surface area contributed by atoms with Crippen molar-refractivity contribution in [2.45, 2.75) is 13.3 Å². The second-order valence-electron chi connectivity index (χ2n) is 6.49. The average Bonchev–Trinajstić information content (AvgIpc) is 3.03. The second kappa shape index (κ2) is 8.91. The van der Waals surface area contributed by atoms with Crippen molar-refractivity contribution in [3.05, 3.63) is 64.3 Å². The third-order valence-corrected chi connectivity index (χ3v) is 4.59. The number of carbonyl (C=O) groups is 2. The lowest BCUT2D eigenvalue weighted by atomic mass is 10.1. The van der Waals surface area contributed by atoms with E-state index in [1.165, 1.54) is 0 Å². The van der Waals surface area contributed by atoms with Crippen LogP contribution in [0.2, 0.25) is 5.02 Å². The number of carbonyl (C=O) groups excluding carboxylic acids is 2. The van der Waals surface area contributed by atoms with Crippen molar-refractivity contribution in [2.24, 2.45) is 0 Å². The number of methoxy groups -OCH3 is 1. The molecule has 2 aromatic carbocycles. The monoisotopic (exact) mass is 399 g/mol. The van der Waals surface area contributed by atoms with Crippen LogP contribution in [-0.2, 0) is 4.74 Å². The van der Waals surface area contributed by atoms with Gasteiger partial charge in [0.1, 0.15) is 5.69 Å². The first kappa shape index (κ1) is 19.9. The van der Waals surface area contributed by atoms with Gasteiger partial charge in [0.25, 0.3) is 11.8 Å². The minimum absolute atomic E-state index is 0.281. The van der Waals surface area contributed by atoms with Crippen molar-refractivity contribution < 1.29 is 14.3 Å². The molecule has 0 radical (unpaired) electrons. The van der Waals surface area contributed by atoms with Crippen molar-refractivity contribution in [3.63, 3.8) is 0 Å². The van der Waals surface area contributed by atoms with E-state index in [0.29, 0.717) is 41.5 Å². The number of aromatic amines is 1. The van der Waals surface area contributed by atoms with Crippen LogP contribution in [-0.4, -0.2) is 37.1 Å². The van der Waals surface area contributed by atoms with Gasteiger partial charge in [0.15, 0.2) is 0 Å². The molecule has 0 aliphatic carbocycles. The molecule has 0 aliphatic rings. The molecule has 0 bridgehead atoms. The average molecular weight is 400 g/mol. The van der Waals surface area contributed by atoms with E-state index in [1.54, 1.807) is 31.4 Å². The van der Waals surface area contributed by atoms with Crippen LogP contribution in [0, 0.1) is 6.92 Å². The van der Waals surface area contributed by atoms with E-state index in [9.17, 15) is 9.59 Å². The number of aromatic nitrogens is 1. The summed E-state index contributed by atoms with van der Waals surface area (Å²) in [5.41, 5.74) is 3.04. The van der Waals surface area contributed by atoms with Gasteiger partial charge in [0.2, 0.25) is 0 Å². The minimum atomic E-state index is -0.312. The van der Waals surface area contributed by atoms with Crippen LogP contribution >= 0.6 is 11.6 Å². The van der Waals surface area contributed by atoms with E-state index >= 15 is 0 Å². The molecular formula is C21H22ClN3O3. The molecule has 0 spiro atoms. The Labute approximate surface area is 168 Å². The molecule has 6 nitrogen and oxygen atoms in total. The molecular weight excluding hydrogens is 378 g/mol. The van der Waals surface area contributed by atoms with Crippen LogP contribution < -0.4 is 10.6 Å². The molecule has 3 N–H and O–H groups in total. The molecule has 0 saturated heterocycles. The zero-order valence-corrected chi connectivity index (χ0v) is 16.5.